The first kappa shape index (κ1) is 35.1. The molecule has 2 heterocycles. The van der Waals surface area contributed by atoms with E-state index >= 15 is 0 Å². The van der Waals surface area contributed by atoms with E-state index in [4.69, 9.17) is 9.97 Å². The van der Waals surface area contributed by atoms with E-state index in [9.17, 15) is 5.11 Å². The van der Waals surface area contributed by atoms with E-state index in [0.29, 0.717) is 11.4 Å². The minimum absolute atomic E-state index is 0. The number of hydrogen-bond donors (Lipinski definition) is 1. The van der Waals surface area contributed by atoms with E-state index < -0.39 is 0 Å². The number of benzene rings is 6. The zero-order valence-corrected chi connectivity index (χ0v) is 32.2. The van der Waals surface area contributed by atoms with Crippen molar-refractivity contribution in [3.05, 3.63) is 168 Å². The van der Waals surface area contributed by atoms with Gasteiger partial charge in [-0.05, 0) is 70.0 Å². The van der Waals surface area contributed by atoms with Crippen LogP contribution in [0.3, 0.4) is 0 Å². The van der Waals surface area contributed by atoms with E-state index in [-0.39, 0.29) is 37.6 Å². The molecule has 6 aromatic carbocycles. The summed E-state index contributed by atoms with van der Waals surface area (Å²) in [5.41, 5.74) is 11.8. The molecule has 0 radical (unpaired) electrons. The molecule has 0 aliphatic rings. The largest absolute Gasteiger partial charge is 0.507 e. The Morgan fingerprint density at radius 1 is 0.577 bits per heavy atom. The molecule has 52 heavy (non-hydrogen) atoms. The predicted molar refractivity (Wildman–Crippen MR) is 210 cm³/mol. The summed E-state index contributed by atoms with van der Waals surface area (Å²) in [6.07, 6.45) is 1.86. The van der Waals surface area contributed by atoms with Gasteiger partial charge in [0, 0.05) is 43.9 Å². The molecular formula is C47H40N3OPt-. The van der Waals surface area contributed by atoms with E-state index in [0.717, 1.165) is 49.9 Å². The first-order valence-electron chi connectivity index (χ1n) is 17.5. The van der Waals surface area contributed by atoms with E-state index in [1.54, 1.807) is 6.07 Å². The Bertz CT molecular complexity index is 2540. The molecular weight excluding hydrogens is 818 g/mol. The van der Waals surface area contributed by atoms with Crippen molar-refractivity contribution in [3.63, 3.8) is 0 Å². The fourth-order valence-electron chi connectivity index (χ4n) is 7.10. The molecule has 0 unspecified atom stereocenters. The number of aromatic hydroxyl groups is 1. The van der Waals surface area contributed by atoms with Gasteiger partial charge in [-0.2, -0.15) is 0 Å². The number of pyridine rings is 1. The molecule has 5 heteroatoms. The van der Waals surface area contributed by atoms with Crippen LogP contribution in [0.2, 0.25) is 0 Å². The van der Waals surface area contributed by atoms with Crippen molar-refractivity contribution in [3.8, 4) is 45.1 Å². The van der Waals surface area contributed by atoms with Crippen LogP contribution in [0.4, 0.5) is 0 Å². The second-order valence-electron chi connectivity index (χ2n) is 14.8. The summed E-state index contributed by atoms with van der Waals surface area (Å²) < 4.78 is 2.15. The second-order valence-corrected chi connectivity index (χ2v) is 14.8. The molecule has 0 aliphatic carbocycles. The normalized spacial score (nSPS) is 11.9. The number of hydrogen-bond acceptors (Lipinski definition) is 3. The van der Waals surface area contributed by atoms with Crippen LogP contribution < -0.4 is 0 Å². The van der Waals surface area contributed by atoms with Crippen LogP contribution in [0.15, 0.2) is 146 Å². The Morgan fingerprint density at radius 2 is 1.25 bits per heavy atom. The van der Waals surface area contributed by atoms with Gasteiger partial charge >= 0.3 is 0 Å². The number of nitrogens with zero attached hydrogens (tertiary/aromatic N) is 3. The predicted octanol–water partition coefficient (Wildman–Crippen LogP) is 11.7. The van der Waals surface area contributed by atoms with Crippen molar-refractivity contribution in [2.75, 3.05) is 0 Å². The second kappa shape index (κ2) is 13.7. The standard InChI is InChI=1S/C47H40N3O.Pt/c1-46(2,3)34-23-25-37(26-24-34)50-41-21-12-20-38(44(41)49-45(50)39-19-9-10-22-42(39)51)31-14-11-15-32(28-31)40-30-36(29-33-16-13-27-48-43(33)40)47(4,5)35-17-7-6-8-18-35;/h6-27,29-30,51H,1-5H3;/q-1;. The van der Waals surface area contributed by atoms with Crippen molar-refractivity contribution in [2.45, 2.75) is 45.4 Å². The summed E-state index contributed by atoms with van der Waals surface area (Å²) in [5.74, 6) is 0.870. The van der Waals surface area contributed by atoms with E-state index in [1.165, 1.54) is 16.7 Å². The Balaban J connectivity index is 0.00000420. The molecule has 1 N–H and O–H groups in total. The SMILES string of the molecule is CC(C)(C)c1ccc(-n2c(-c3ccccc3O)nc3c(-c4[c-]c(-c5cc(C(C)(C)c6ccccc6)cc6cccnc56)ccc4)cccc32)cc1.[Pt]. The Labute approximate surface area is 320 Å². The van der Waals surface area contributed by atoms with Gasteiger partial charge in [0.15, 0.2) is 0 Å². The van der Waals surface area contributed by atoms with Crippen LogP contribution in [0.1, 0.15) is 51.3 Å². The molecule has 0 fully saturated rings. The maximum atomic E-state index is 11.0. The van der Waals surface area contributed by atoms with Crippen LogP contribution in [0, 0.1) is 6.07 Å². The monoisotopic (exact) mass is 857 g/mol. The first-order chi connectivity index (χ1) is 24.6. The molecule has 2 aromatic heterocycles. The van der Waals surface area contributed by atoms with Gasteiger partial charge in [-0.15, -0.1) is 35.4 Å². The van der Waals surface area contributed by atoms with Crippen molar-refractivity contribution >= 4 is 21.9 Å². The van der Waals surface area contributed by atoms with Gasteiger partial charge in [0.1, 0.15) is 11.6 Å². The Morgan fingerprint density at radius 3 is 1.98 bits per heavy atom. The van der Waals surface area contributed by atoms with Gasteiger partial charge in [0.05, 0.1) is 16.6 Å². The average Bonchev–Trinajstić information content (AvgIpc) is 3.54. The summed E-state index contributed by atoms with van der Waals surface area (Å²) >= 11 is 0. The summed E-state index contributed by atoms with van der Waals surface area (Å²) in [6.45, 7) is 11.2. The van der Waals surface area contributed by atoms with E-state index in [1.807, 2.05) is 30.5 Å². The number of fused-ring (bicyclic) bond motifs is 2. The van der Waals surface area contributed by atoms with Crippen molar-refractivity contribution in [2.24, 2.45) is 0 Å². The van der Waals surface area contributed by atoms with Crippen LogP contribution in [-0.2, 0) is 31.9 Å². The minimum Gasteiger partial charge on any atom is -0.507 e. The maximum absolute atomic E-state index is 11.0. The molecule has 8 aromatic rings. The molecule has 0 atom stereocenters. The number of aromatic nitrogens is 3. The fourth-order valence-corrected chi connectivity index (χ4v) is 7.10. The topological polar surface area (TPSA) is 50.9 Å². The summed E-state index contributed by atoms with van der Waals surface area (Å²) in [5, 5.41) is 12.1. The van der Waals surface area contributed by atoms with Gasteiger partial charge < -0.3 is 5.11 Å². The van der Waals surface area contributed by atoms with Crippen molar-refractivity contribution in [1.29, 1.82) is 0 Å². The zero-order chi connectivity index (χ0) is 35.3. The number of phenolic OH excluding ortho intramolecular Hbond substituents is 1. The van der Waals surface area contributed by atoms with E-state index in [2.05, 4.69) is 154 Å². The molecule has 260 valence electrons. The fraction of sp³-hybridized carbons (Fsp3) is 0.149. The third-order valence-corrected chi connectivity index (χ3v) is 10.1. The maximum Gasteiger partial charge on any atom is 0.148 e. The van der Waals surface area contributed by atoms with Gasteiger partial charge in [0.2, 0.25) is 0 Å². The molecule has 0 amide bonds. The third-order valence-electron chi connectivity index (χ3n) is 10.1. The third kappa shape index (κ3) is 6.26. The van der Waals surface area contributed by atoms with Crippen LogP contribution in [0.5, 0.6) is 5.75 Å². The number of para-hydroxylation sites is 2. The number of imidazole rings is 1. The Hall–Kier alpha value is -5.31. The molecule has 0 aliphatic heterocycles. The quantitative estimate of drug-likeness (QED) is 0.170. The number of phenols is 1. The van der Waals surface area contributed by atoms with Gasteiger partial charge in [-0.1, -0.05) is 125 Å². The van der Waals surface area contributed by atoms with Crippen molar-refractivity contribution in [1.82, 2.24) is 14.5 Å². The summed E-state index contributed by atoms with van der Waals surface area (Å²) in [6, 6.07) is 51.8. The van der Waals surface area contributed by atoms with Crippen LogP contribution in [0.25, 0.3) is 61.3 Å². The molecule has 0 saturated carbocycles. The summed E-state index contributed by atoms with van der Waals surface area (Å²) in [7, 11) is 0. The smallest absolute Gasteiger partial charge is 0.148 e. The molecule has 0 saturated heterocycles. The van der Waals surface area contributed by atoms with Gasteiger partial charge in [0.25, 0.3) is 0 Å². The van der Waals surface area contributed by atoms with Crippen LogP contribution in [-0.4, -0.2) is 19.6 Å². The molecule has 0 bridgehead atoms. The van der Waals surface area contributed by atoms with Gasteiger partial charge in [-0.3, -0.25) is 9.55 Å². The molecule has 4 nitrogen and oxygen atoms in total. The minimum atomic E-state index is -0.222. The van der Waals surface area contributed by atoms with Gasteiger partial charge in [-0.25, -0.2) is 4.98 Å². The Kier molecular flexibility index (Phi) is 9.23. The van der Waals surface area contributed by atoms with Crippen LogP contribution >= 0.6 is 0 Å². The molecule has 8 rings (SSSR count). The molecule has 0 spiro atoms. The summed E-state index contributed by atoms with van der Waals surface area (Å²) in [4.78, 5) is 10.1. The average molecular weight is 858 g/mol. The number of rotatable bonds is 6. The zero-order valence-electron chi connectivity index (χ0n) is 30.0. The first-order valence-corrected chi connectivity index (χ1v) is 17.5. The van der Waals surface area contributed by atoms with Crippen molar-refractivity contribution < 1.29 is 26.2 Å².